The lowest BCUT2D eigenvalue weighted by atomic mass is 10.1. The Bertz CT molecular complexity index is 779. The second-order valence-electron chi connectivity index (χ2n) is 6.45. The fourth-order valence-corrected chi connectivity index (χ4v) is 3.10. The van der Waals surface area contributed by atoms with Crippen LogP contribution in [0.15, 0.2) is 43.2 Å². The third-order valence-electron chi connectivity index (χ3n) is 4.78. The maximum atomic E-state index is 12.7. The topological polar surface area (TPSA) is 61.4 Å². The minimum Gasteiger partial charge on any atom is -0.368 e. The van der Waals surface area contributed by atoms with Crippen LogP contribution in [-0.4, -0.2) is 53.5 Å². The smallest absolute Gasteiger partial charge is 0.274 e. The van der Waals surface area contributed by atoms with Gasteiger partial charge >= 0.3 is 0 Å². The highest BCUT2D eigenvalue weighted by Gasteiger charge is 2.24. The van der Waals surface area contributed by atoms with E-state index in [1.54, 1.807) is 12.3 Å². The van der Waals surface area contributed by atoms with Gasteiger partial charge in [0.1, 0.15) is 11.5 Å². The summed E-state index contributed by atoms with van der Waals surface area (Å²) >= 11 is 0. The Balaban J connectivity index is 1.61. The Morgan fingerprint density at radius 2 is 1.96 bits per heavy atom. The summed E-state index contributed by atoms with van der Waals surface area (Å²) in [6, 6.07) is 6.37. The third-order valence-corrected chi connectivity index (χ3v) is 4.78. The second kappa shape index (κ2) is 7.99. The number of hydrogen-bond donors (Lipinski definition) is 1. The van der Waals surface area contributed by atoms with Crippen molar-refractivity contribution >= 4 is 17.4 Å². The van der Waals surface area contributed by atoms with Gasteiger partial charge in [0.05, 0.1) is 12.4 Å². The zero-order valence-electron chi connectivity index (χ0n) is 15.4. The predicted octanol–water partition coefficient (Wildman–Crippen LogP) is 2.65. The number of anilines is 2. The summed E-state index contributed by atoms with van der Waals surface area (Å²) in [5, 5.41) is 3.05. The van der Waals surface area contributed by atoms with Crippen molar-refractivity contribution in [3.63, 3.8) is 0 Å². The lowest BCUT2D eigenvalue weighted by Gasteiger charge is -2.36. The van der Waals surface area contributed by atoms with E-state index in [2.05, 4.69) is 58.8 Å². The lowest BCUT2D eigenvalue weighted by Crippen LogP contribution is -2.49. The summed E-state index contributed by atoms with van der Waals surface area (Å²) < 4.78 is 0. The molecule has 136 valence electrons. The Kier molecular flexibility index (Phi) is 5.51. The van der Waals surface area contributed by atoms with Crippen LogP contribution < -0.4 is 10.2 Å². The molecule has 0 aliphatic carbocycles. The predicted molar refractivity (Wildman–Crippen MR) is 105 cm³/mol. The first-order valence-electron chi connectivity index (χ1n) is 8.87. The van der Waals surface area contributed by atoms with Crippen molar-refractivity contribution in [2.75, 3.05) is 42.9 Å². The number of aromatic nitrogens is 2. The van der Waals surface area contributed by atoms with Crippen LogP contribution in [0, 0.1) is 13.8 Å². The highest BCUT2D eigenvalue weighted by Crippen LogP contribution is 2.24. The summed E-state index contributed by atoms with van der Waals surface area (Å²) in [7, 11) is 0. The van der Waals surface area contributed by atoms with Crippen molar-refractivity contribution in [1.29, 1.82) is 0 Å². The quantitative estimate of drug-likeness (QED) is 0.839. The minimum atomic E-state index is -0.0617. The number of nitrogens with one attached hydrogen (secondary N) is 1. The number of carbonyl (C=O) groups is 1. The molecule has 3 rings (SSSR count). The molecule has 0 spiro atoms. The molecule has 6 heteroatoms. The average Bonchev–Trinajstić information content (AvgIpc) is 2.68. The second-order valence-corrected chi connectivity index (χ2v) is 6.45. The van der Waals surface area contributed by atoms with Gasteiger partial charge in [0, 0.05) is 38.4 Å². The van der Waals surface area contributed by atoms with E-state index in [1.165, 1.54) is 23.0 Å². The van der Waals surface area contributed by atoms with Crippen molar-refractivity contribution < 1.29 is 4.79 Å². The van der Waals surface area contributed by atoms with Crippen LogP contribution >= 0.6 is 0 Å². The van der Waals surface area contributed by atoms with E-state index in [4.69, 9.17) is 0 Å². The maximum absolute atomic E-state index is 12.7. The molecule has 0 bridgehead atoms. The Morgan fingerprint density at radius 3 is 2.62 bits per heavy atom. The molecule has 1 aromatic carbocycles. The largest absolute Gasteiger partial charge is 0.368 e. The first kappa shape index (κ1) is 17.9. The van der Waals surface area contributed by atoms with E-state index in [-0.39, 0.29) is 5.91 Å². The molecular weight excluding hydrogens is 326 g/mol. The minimum absolute atomic E-state index is 0.0617. The number of hydrogen-bond acceptors (Lipinski definition) is 5. The van der Waals surface area contributed by atoms with Gasteiger partial charge in [-0.25, -0.2) is 9.97 Å². The van der Waals surface area contributed by atoms with Gasteiger partial charge in [0.2, 0.25) is 0 Å². The zero-order chi connectivity index (χ0) is 18.5. The van der Waals surface area contributed by atoms with Gasteiger partial charge in [-0.1, -0.05) is 18.2 Å². The van der Waals surface area contributed by atoms with Gasteiger partial charge in [-0.15, -0.1) is 6.58 Å². The molecule has 6 nitrogen and oxygen atoms in total. The number of benzene rings is 1. The van der Waals surface area contributed by atoms with Crippen molar-refractivity contribution in [2.24, 2.45) is 0 Å². The van der Waals surface area contributed by atoms with Crippen molar-refractivity contribution in [3.05, 3.63) is 60.1 Å². The summed E-state index contributed by atoms with van der Waals surface area (Å²) in [6.07, 6.45) is 4.87. The van der Waals surface area contributed by atoms with Crippen LogP contribution in [0.3, 0.4) is 0 Å². The van der Waals surface area contributed by atoms with Crippen LogP contribution in [0.25, 0.3) is 0 Å². The Morgan fingerprint density at radius 1 is 1.19 bits per heavy atom. The SMILES string of the molecule is C=CCNc1cnc(C(=O)N2CCN(c3cccc(C)c3C)CC2)cn1. The molecule has 1 aromatic heterocycles. The molecule has 1 N–H and O–H groups in total. The molecule has 26 heavy (non-hydrogen) atoms. The molecule has 2 aromatic rings. The number of carbonyl (C=O) groups excluding carboxylic acids is 1. The monoisotopic (exact) mass is 351 g/mol. The highest BCUT2D eigenvalue weighted by molar-refractivity contribution is 5.92. The van der Waals surface area contributed by atoms with Gasteiger partial charge in [-0.3, -0.25) is 4.79 Å². The fourth-order valence-electron chi connectivity index (χ4n) is 3.10. The third kappa shape index (κ3) is 3.85. The van der Waals surface area contributed by atoms with Gasteiger partial charge in [0.15, 0.2) is 0 Å². The van der Waals surface area contributed by atoms with E-state index >= 15 is 0 Å². The number of aryl methyl sites for hydroxylation is 1. The van der Waals surface area contributed by atoms with Gasteiger partial charge in [-0.05, 0) is 31.0 Å². The van der Waals surface area contributed by atoms with Gasteiger partial charge < -0.3 is 15.1 Å². The molecule has 0 radical (unpaired) electrons. The van der Waals surface area contributed by atoms with Crippen LogP contribution in [0.5, 0.6) is 0 Å². The molecule has 2 heterocycles. The molecule has 1 amide bonds. The first-order valence-corrected chi connectivity index (χ1v) is 8.87. The van der Waals surface area contributed by atoms with Crippen LogP contribution in [0.2, 0.25) is 0 Å². The van der Waals surface area contributed by atoms with E-state index in [0.29, 0.717) is 31.1 Å². The summed E-state index contributed by atoms with van der Waals surface area (Å²) in [6.45, 7) is 11.6. The van der Waals surface area contributed by atoms with Crippen molar-refractivity contribution in [3.8, 4) is 0 Å². The normalized spacial score (nSPS) is 14.2. The molecule has 1 saturated heterocycles. The van der Waals surface area contributed by atoms with Crippen LogP contribution in [0.4, 0.5) is 11.5 Å². The zero-order valence-corrected chi connectivity index (χ0v) is 15.4. The summed E-state index contributed by atoms with van der Waals surface area (Å²) in [4.78, 5) is 25.3. The molecule has 0 saturated carbocycles. The number of nitrogens with zero attached hydrogens (tertiary/aromatic N) is 4. The average molecular weight is 351 g/mol. The number of amides is 1. The molecule has 1 aliphatic rings. The summed E-state index contributed by atoms with van der Waals surface area (Å²) in [5.74, 6) is 0.578. The van der Waals surface area contributed by atoms with E-state index in [1.807, 2.05) is 4.90 Å². The lowest BCUT2D eigenvalue weighted by molar-refractivity contribution is 0.0740. The summed E-state index contributed by atoms with van der Waals surface area (Å²) in [5.41, 5.74) is 4.24. The maximum Gasteiger partial charge on any atom is 0.274 e. The fraction of sp³-hybridized carbons (Fsp3) is 0.350. The van der Waals surface area contributed by atoms with Crippen molar-refractivity contribution in [1.82, 2.24) is 14.9 Å². The molecule has 1 aliphatic heterocycles. The highest BCUT2D eigenvalue weighted by atomic mass is 16.2. The molecule has 1 fully saturated rings. The number of piperazine rings is 1. The molecule has 0 atom stereocenters. The molecule has 0 unspecified atom stereocenters. The van der Waals surface area contributed by atoms with E-state index in [9.17, 15) is 4.79 Å². The van der Waals surface area contributed by atoms with Gasteiger partial charge in [0.25, 0.3) is 5.91 Å². The number of rotatable bonds is 5. The Hall–Kier alpha value is -2.89. The van der Waals surface area contributed by atoms with E-state index in [0.717, 1.165) is 13.1 Å². The van der Waals surface area contributed by atoms with Crippen LogP contribution in [-0.2, 0) is 0 Å². The first-order chi connectivity index (χ1) is 12.6. The van der Waals surface area contributed by atoms with Crippen LogP contribution in [0.1, 0.15) is 21.6 Å². The molecular formula is C20H25N5O. The van der Waals surface area contributed by atoms with E-state index < -0.39 is 0 Å². The van der Waals surface area contributed by atoms with Crippen molar-refractivity contribution in [2.45, 2.75) is 13.8 Å². The Labute approximate surface area is 154 Å². The van der Waals surface area contributed by atoms with Gasteiger partial charge in [-0.2, -0.15) is 0 Å². The standard InChI is InChI=1S/C20H25N5O/c1-4-8-21-19-14-22-17(13-23-19)20(26)25-11-9-24(10-12-25)18-7-5-6-15(2)16(18)3/h4-7,13-14H,1,8-12H2,2-3H3,(H,21,23).